The largest absolute Gasteiger partial charge is 0.462 e. The van der Waals surface area contributed by atoms with E-state index in [9.17, 15) is 29.4 Å². The fourth-order valence-electron chi connectivity index (χ4n) is 3.01. The molecule has 2 aromatic rings. The van der Waals surface area contributed by atoms with Crippen molar-refractivity contribution >= 4 is 35.0 Å². The van der Waals surface area contributed by atoms with Crippen molar-refractivity contribution in [2.45, 2.75) is 18.6 Å². The molecule has 2 aromatic carbocycles. The minimum absolute atomic E-state index is 0.0452. The first-order chi connectivity index (χ1) is 14.8. The normalized spacial score (nSPS) is 17.3. The van der Waals surface area contributed by atoms with Crippen LogP contribution in [0, 0.1) is 27.3 Å². The summed E-state index contributed by atoms with van der Waals surface area (Å²) < 4.78 is 18.3. The molecule has 1 saturated heterocycles. The number of rotatable bonds is 6. The number of carbonyl (C=O) groups excluding carboxylic acids is 2. The Morgan fingerprint density at radius 3 is 2.65 bits per heavy atom. The number of nitro benzene ring substituents is 1. The lowest BCUT2D eigenvalue weighted by molar-refractivity contribution is -0.384. The predicted octanol–water partition coefficient (Wildman–Crippen LogP) is 3.72. The van der Waals surface area contributed by atoms with Gasteiger partial charge in [0.25, 0.3) is 5.69 Å². The van der Waals surface area contributed by atoms with Crippen molar-refractivity contribution in [2.24, 2.45) is 0 Å². The molecular weight excluding hydrogens is 425 g/mol. The summed E-state index contributed by atoms with van der Waals surface area (Å²) in [6.07, 6.45) is 0.133. The maximum Gasteiger partial charge on any atom is 0.351 e. The third-order valence-corrected chi connectivity index (χ3v) is 5.65. The van der Waals surface area contributed by atoms with Crippen molar-refractivity contribution in [1.29, 1.82) is 5.26 Å². The van der Waals surface area contributed by atoms with Crippen molar-refractivity contribution in [1.82, 2.24) is 0 Å². The zero-order valence-corrected chi connectivity index (χ0v) is 17.1. The molecule has 8 nitrogen and oxygen atoms in total. The van der Waals surface area contributed by atoms with Gasteiger partial charge in [-0.05, 0) is 43.2 Å². The number of non-ortho nitro benzene ring substituents is 1. The number of nitriles is 1. The van der Waals surface area contributed by atoms with Crippen LogP contribution in [0.5, 0.6) is 0 Å². The molecule has 31 heavy (non-hydrogen) atoms. The molecule has 10 heteroatoms. The Morgan fingerprint density at radius 1 is 1.32 bits per heavy atom. The van der Waals surface area contributed by atoms with Crippen LogP contribution in [0.2, 0.25) is 0 Å². The number of thioether (sulfide) groups is 1. The van der Waals surface area contributed by atoms with E-state index in [0.717, 1.165) is 23.9 Å². The highest BCUT2D eigenvalue weighted by molar-refractivity contribution is 8.05. The molecule has 0 aliphatic carbocycles. The second kappa shape index (κ2) is 9.40. The van der Waals surface area contributed by atoms with Crippen LogP contribution in [0.4, 0.5) is 15.8 Å². The smallest absolute Gasteiger partial charge is 0.351 e. The van der Waals surface area contributed by atoms with E-state index in [0.29, 0.717) is 5.56 Å². The summed E-state index contributed by atoms with van der Waals surface area (Å²) in [5.74, 6) is -1.81. The van der Waals surface area contributed by atoms with Gasteiger partial charge in [0, 0.05) is 17.8 Å². The maximum atomic E-state index is 13.4. The zero-order chi connectivity index (χ0) is 22.5. The third kappa shape index (κ3) is 4.73. The molecule has 0 radical (unpaired) electrons. The summed E-state index contributed by atoms with van der Waals surface area (Å²) in [4.78, 5) is 37.2. The Morgan fingerprint density at radius 2 is 2.03 bits per heavy atom. The van der Waals surface area contributed by atoms with E-state index in [2.05, 4.69) is 0 Å². The molecule has 1 heterocycles. The number of anilines is 1. The molecule has 0 unspecified atom stereocenters. The van der Waals surface area contributed by atoms with E-state index in [-0.39, 0.29) is 35.0 Å². The van der Waals surface area contributed by atoms with Crippen LogP contribution in [0.25, 0.3) is 0 Å². The molecule has 0 aromatic heterocycles. The zero-order valence-electron chi connectivity index (χ0n) is 16.3. The van der Waals surface area contributed by atoms with E-state index >= 15 is 0 Å². The van der Waals surface area contributed by atoms with Gasteiger partial charge in [0.05, 0.1) is 16.8 Å². The van der Waals surface area contributed by atoms with Gasteiger partial charge in [-0.2, -0.15) is 5.26 Å². The van der Waals surface area contributed by atoms with E-state index in [1.807, 2.05) is 0 Å². The number of amides is 1. The molecule has 1 amide bonds. The summed E-state index contributed by atoms with van der Waals surface area (Å²) in [6.45, 7) is 1.64. The minimum atomic E-state index is -0.872. The summed E-state index contributed by atoms with van der Waals surface area (Å²) in [7, 11) is 0. The molecule has 0 spiro atoms. The first kappa shape index (κ1) is 22.0. The third-order valence-electron chi connectivity index (χ3n) is 4.39. The molecule has 158 valence electrons. The average Bonchev–Trinajstić information content (AvgIpc) is 3.05. The lowest BCUT2D eigenvalue weighted by atomic mass is 10.1. The first-order valence-electron chi connectivity index (χ1n) is 9.16. The highest BCUT2D eigenvalue weighted by atomic mass is 32.2. The van der Waals surface area contributed by atoms with Crippen LogP contribution < -0.4 is 4.90 Å². The Kier molecular flexibility index (Phi) is 6.67. The highest BCUT2D eigenvalue weighted by Gasteiger charge is 2.41. The van der Waals surface area contributed by atoms with Gasteiger partial charge in [0.1, 0.15) is 16.9 Å². The van der Waals surface area contributed by atoms with Crippen LogP contribution >= 0.6 is 11.8 Å². The van der Waals surface area contributed by atoms with Crippen LogP contribution in [-0.4, -0.2) is 28.7 Å². The van der Waals surface area contributed by atoms with Gasteiger partial charge < -0.3 is 4.74 Å². The molecule has 0 N–H and O–H groups in total. The predicted molar refractivity (Wildman–Crippen MR) is 111 cm³/mol. The maximum absolute atomic E-state index is 13.4. The first-order valence-corrected chi connectivity index (χ1v) is 10.0. The van der Waals surface area contributed by atoms with Crippen molar-refractivity contribution in [3.63, 3.8) is 0 Å². The molecule has 1 aliphatic rings. The van der Waals surface area contributed by atoms with Crippen molar-refractivity contribution in [3.8, 4) is 6.07 Å². The van der Waals surface area contributed by atoms with Crippen molar-refractivity contribution < 1.29 is 23.6 Å². The Balaban J connectivity index is 2.03. The van der Waals surface area contributed by atoms with Gasteiger partial charge in [0.15, 0.2) is 5.57 Å². The topological polar surface area (TPSA) is 114 Å². The fraction of sp³-hybridized carbons (Fsp3) is 0.190. The second-order valence-electron chi connectivity index (χ2n) is 6.40. The number of nitrogens with zero attached hydrogens (tertiary/aromatic N) is 3. The summed E-state index contributed by atoms with van der Waals surface area (Å²) >= 11 is 0.991. The van der Waals surface area contributed by atoms with Crippen LogP contribution in [-0.2, 0) is 20.7 Å². The SMILES string of the molecule is CCOC(=O)/C(C#N)=C1\S[C@@H](Cc2cccc([N+](=O)[O-])c2)C(=O)N1c1ccc(F)cc1. The number of nitro groups is 1. The molecular formula is C21H16FN3O5S. The Hall–Kier alpha value is -3.71. The van der Waals surface area contributed by atoms with Crippen LogP contribution in [0.3, 0.4) is 0 Å². The average molecular weight is 441 g/mol. The molecule has 1 atom stereocenters. The number of carbonyl (C=O) groups is 2. The number of benzene rings is 2. The number of hydrogen-bond donors (Lipinski definition) is 0. The molecule has 3 rings (SSSR count). The molecule has 1 fully saturated rings. The quantitative estimate of drug-likeness (QED) is 0.221. The van der Waals surface area contributed by atoms with E-state index in [4.69, 9.17) is 4.74 Å². The standard InChI is InChI=1S/C21H16FN3O5S/c1-2-30-21(27)17(12-23)20-24(15-8-6-14(22)7-9-15)19(26)18(31-20)11-13-4-3-5-16(10-13)25(28)29/h3-10,18H,2,11H2,1H3/b20-17-/t18-/m0/s1. The van der Waals surface area contributed by atoms with Crippen molar-refractivity contribution in [2.75, 3.05) is 11.5 Å². The summed E-state index contributed by atoms with van der Waals surface area (Å²) in [6, 6.07) is 12.7. The van der Waals surface area contributed by atoms with E-state index in [1.54, 1.807) is 19.1 Å². The second-order valence-corrected chi connectivity index (χ2v) is 7.59. The van der Waals surface area contributed by atoms with Gasteiger partial charge >= 0.3 is 5.97 Å². The number of ether oxygens (including phenoxy) is 1. The number of esters is 1. The fourth-order valence-corrected chi connectivity index (χ4v) is 4.31. The monoisotopic (exact) mass is 441 g/mol. The number of hydrogen-bond acceptors (Lipinski definition) is 7. The van der Waals surface area contributed by atoms with E-state index < -0.39 is 27.9 Å². The lowest BCUT2D eigenvalue weighted by Crippen LogP contribution is -2.30. The summed E-state index contributed by atoms with van der Waals surface area (Å²) in [5.41, 5.74) is 0.386. The minimum Gasteiger partial charge on any atom is -0.462 e. The lowest BCUT2D eigenvalue weighted by Gasteiger charge is -2.18. The van der Waals surface area contributed by atoms with Gasteiger partial charge in [-0.15, -0.1) is 0 Å². The van der Waals surface area contributed by atoms with Crippen molar-refractivity contribution in [3.05, 3.63) is 80.6 Å². The number of halogens is 1. The molecule has 0 saturated carbocycles. The molecule has 1 aliphatic heterocycles. The highest BCUT2D eigenvalue weighted by Crippen LogP contribution is 2.42. The van der Waals surface area contributed by atoms with Crippen LogP contribution in [0.1, 0.15) is 12.5 Å². The van der Waals surface area contributed by atoms with Crippen LogP contribution in [0.15, 0.2) is 59.1 Å². The Labute approximate surface area is 181 Å². The van der Waals surface area contributed by atoms with Gasteiger partial charge in [-0.3, -0.25) is 19.8 Å². The van der Waals surface area contributed by atoms with Gasteiger partial charge in [0.2, 0.25) is 5.91 Å². The van der Waals surface area contributed by atoms with E-state index in [1.165, 1.54) is 35.2 Å². The van der Waals surface area contributed by atoms with Gasteiger partial charge in [-0.1, -0.05) is 23.9 Å². The van der Waals surface area contributed by atoms with Gasteiger partial charge in [-0.25, -0.2) is 9.18 Å². The summed E-state index contributed by atoms with van der Waals surface area (Å²) in [5, 5.41) is 19.9. The molecule has 0 bridgehead atoms. The Bertz CT molecular complexity index is 1110.